The van der Waals surface area contributed by atoms with E-state index in [0.717, 1.165) is 0 Å². The zero-order chi connectivity index (χ0) is 12.2. The van der Waals surface area contributed by atoms with Gasteiger partial charge in [0, 0.05) is 33.9 Å². The summed E-state index contributed by atoms with van der Waals surface area (Å²) in [5, 5.41) is 2.83. The maximum atomic E-state index is 11.9. The molecular formula is C9H20N2O4S. The Labute approximate surface area is 97.0 Å². The fourth-order valence-corrected chi connectivity index (χ4v) is 3.22. The van der Waals surface area contributed by atoms with Crippen molar-refractivity contribution in [2.24, 2.45) is 0 Å². The molecule has 1 heterocycles. The molecule has 16 heavy (non-hydrogen) atoms. The molecule has 0 aromatic heterocycles. The summed E-state index contributed by atoms with van der Waals surface area (Å²) in [6.07, 6.45) is -0.344. The number of methoxy groups -OCH3 is 2. The first kappa shape index (κ1) is 13.9. The maximum absolute atomic E-state index is 11.9. The second kappa shape index (κ2) is 5.92. The topological polar surface area (TPSA) is 67.9 Å². The third kappa shape index (κ3) is 3.14. The lowest BCUT2D eigenvalue weighted by atomic mass is 10.3. The van der Waals surface area contributed by atoms with E-state index in [-0.39, 0.29) is 18.0 Å². The summed E-state index contributed by atoms with van der Waals surface area (Å²) in [7, 11) is 1.67. The van der Waals surface area contributed by atoms with Gasteiger partial charge in [-0.15, -0.1) is 0 Å². The minimum absolute atomic E-state index is 0.108. The number of ether oxygens (including phenoxy) is 2. The number of hydrogen-bond donors (Lipinski definition) is 1. The first-order valence-electron chi connectivity index (χ1n) is 5.23. The van der Waals surface area contributed by atoms with Gasteiger partial charge in [0.25, 0.3) is 0 Å². The van der Waals surface area contributed by atoms with Crippen LogP contribution in [0.2, 0.25) is 0 Å². The van der Waals surface area contributed by atoms with Crippen LogP contribution in [0.15, 0.2) is 0 Å². The molecule has 6 nitrogen and oxygen atoms in total. The van der Waals surface area contributed by atoms with Crippen molar-refractivity contribution in [2.75, 3.05) is 46.7 Å². The van der Waals surface area contributed by atoms with Gasteiger partial charge in [0.1, 0.15) is 0 Å². The molecule has 96 valence electrons. The molecular weight excluding hydrogens is 232 g/mol. The second-order valence-electron chi connectivity index (χ2n) is 3.78. The lowest BCUT2D eigenvalue weighted by Crippen LogP contribution is -2.35. The Morgan fingerprint density at radius 3 is 2.12 bits per heavy atom. The Balaban J connectivity index is 2.63. The average molecular weight is 252 g/mol. The van der Waals surface area contributed by atoms with Gasteiger partial charge < -0.3 is 14.8 Å². The molecule has 0 amide bonds. The third-order valence-electron chi connectivity index (χ3n) is 2.79. The minimum Gasteiger partial charge on any atom is -0.377 e. The van der Waals surface area contributed by atoms with Crippen molar-refractivity contribution in [1.82, 2.24) is 9.62 Å². The molecule has 0 spiro atoms. The third-order valence-corrected chi connectivity index (χ3v) is 4.60. The van der Waals surface area contributed by atoms with Crippen molar-refractivity contribution in [1.29, 1.82) is 0 Å². The lowest BCUT2D eigenvalue weighted by Gasteiger charge is -2.15. The molecule has 1 fully saturated rings. The highest BCUT2D eigenvalue weighted by atomic mass is 32.2. The lowest BCUT2D eigenvalue weighted by molar-refractivity contribution is -0.00461. The largest absolute Gasteiger partial charge is 0.377 e. The van der Waals surface area contributed by atoms with E-state index >= 15 is 0 Å². The molecule has 0 aliphatic carbocycles. The van der Waals surface area contributed by atoms with Crippen LogP contribution < -0.4 is 5.32 Å². The number of sulfonamides is 1. The van der Waals surface area contributed by atoms with Gasteiger partial charge in [0.15, 0.2) is 0 Å². The fraction of sp³-hybridized carbons (Fsp3) is 1.00. The Hall–Kier alpha value is -0.210. The van der Waals surface area contributed by atoms with Gasteiger partial charge in [-0.1, -0.05) is 0 Å². The molecule has 0 aromatic rings. The van der Waals surface area contributed by atoms with Crippen LogP contribution in [-0.2, 0) is 19.5 Å². The molecule has 1 aliphatic heterocycles. The smallest absolute Gasteiger partial charge is 0.215 e. The van der Waals surface area contributed by atoms with Gasteiger partial charge in [0.2, 0.25) is 10.0 Å². The van der Waals surface area contributed by atoms with Gasteiger partial charge in [-0.3, -0.25) is 0 Å². The van der Waals surface area contributed by atoms with Crippen LogP contribution in [-0.4, -0.2) is 71.6 Å². The molecule has 0 saturated carbocycles. The highest BCUT2D eigenvalue weighted by Crippen LogP contribution is 2.18. The van der Waals surface area contributed by atoms with Crippen LogP contribution in [0.1, 0.15) is 0 Å². The summed E-state index contributed by atoms with van der Waals surface area (Å²) in [5.74, 6) is 0.108. The molecule has 2 unspecified atom stereocenters. The van der Waals surface area contributed by atoms with E-state index in [2.05, 4.69) is 5.32 Å². The van der Waals surface area contributed by atoms with Crippen molar-refractivity contribution >= 4 is 10.0 Å². The molecule has 0 aromatic carbocycles. The first-order valence-corrected chi connectivity index (χ1v) is 6.84. The second-order valence-corrected chi connectivity index (χ2v) is 5.87. The Morgan fingerprint density at radius 2 is 1.75 bits per heavy atom. The van der Waals surface area contributed by atoms with Crippen molar-refractivity contribution < 1.29 is 17.9 Å². The fourth-order valence-electron chi connectivity index (χ4n) is 1.75. The SMILES string of the molecule is CNCCS(=O)(=O)N1CC(OC)C(OC)C1. The van der Waals surface area contributed by atoms with E-state index in [4.69, 9.17) is 9.47 Å². The van der Waals surface area contributed by atoms with E-state index in [1.165, 1.54) is 4.31 Å². The summed E-state index contributed by atoms with van der Waals surface area (Å²) >= 11 is 0. The highest BCUT2D eigenvalue weighted by molar-refractivity contribution is 7.89. The van der Waals surface area contributed by atoms with Gasteiger partial charge in [-0.25, -0.2) is 8.42 Å². The predicted molar refractivity (Wildman–Crippen MR) is 60.9 cm³/mol. The summed E-state index contributed by atoms with van der Waals surface area (Å²) in [4.78, 5) is 0. The monoisotopic (exact) mass is 252 g/mol. The normalized spacial score (nSPS) is 27.4. The van der Waals surface area contributed by atoms with Gasteiger partial charge in [-0.05, 0) is 7.05 Å². The van der Waals surface area contributed by atoms with Crippen LogP contribution in [0, 0.1) is 0 Å². The molecule has 1 saturated heterocycles. The summed E-state index contributed by atoms with van der Waals surface area (Å²) < 4.78 is 35.6. The standard InChI is InChI=1S/C9H20N2O4S/c1-10-4-5-16(12,13)11-6-8(14-2)9(7-11)15-3/h8-10H,4-7H2,1-3H3. The van der Waals surface area contributed by atoms with Crippen molar-refractivity contribution in [3.63, 3.8) is 0 Å². The summed E-state index contributed by atoms with van der Waals surface area (Å²) in [6.45, 7) is 1.20. The highest BCUT2D eigenvalue weighted by Gasteiger charge is 2.38. The zero-order valence-electron chi connectivity index (χ0n) is 9.97. The Kier molecular flexibility index (Phi) is 5.13. The van der Waals surface area contributed by atoms with Crippen molar-refractivity contribution in [3.05, 3.63) is 0 Å². The van der Waals surface area contributed by atoms with E-state index in [0.29, 0.717) is 19.6 Å². The predicted octanol–water partition coefficient (Wildman–Crippen LogP) is -1.12. The average Bonchev–Trinajstić information content (AvgIpc) is 2.70. The maximum Gasteiger partial charge on any atom is 0.215 e. The first-order chi connectivity index (χ1) is 7.55. The van der Waals surface area contributed by atoms with Crippen LogP contribution >= 0.6 is 0 Å². The molecule has 0 bridgehead atoms. The van der Waals surface area contributed by atoms with E-state index in [9.17, 15) is 8.42 Å². The van der Waals surface area contributed by atoms with Crippen molar-refractivity contribution in [3.8, 4) is 0 Å². The van der Waals surface area contributed by atoms with Crippen molar-refractivity contribution in [2.45, 2.75) is 12.2 Å². The Morgan fingerprint density at radius 1 is 1.25 bits per heavy atom. The van der Waals surface area contributed by atoms with Crippen LogP contribution in [0.3, 0.4) is 0 Å². The molecule has 1 rings (SSSR count). The number of nitrogens with zero attached hydrogens (tertiary/aromatic N) is 1. The van der Waals surface area contributed by atoms with Gasteiger partial charge >= 0.3 is 0 Å². The molecule has 0 radical (unpaired) electrons. The Bertz CT molecular complexity index is 295. The van der Waals surface area contributed by atoms with Crippen LogP contribution in [0.5, 0.6) is 0 Å². The number of nitrogens with one attached hydrogen (secondary N) is 1. The van der Waals surface area contributed by atoms with Gasteiger partial charge in [0.05, 0.1) is 18.0 Å². The quantitative estimate of drug-likeness (QED) is 0.648. The van der Waals surface area contributed by atoms with Gasteiger partial charge in [-0.2, -0.15) is 4.31 Å². The molecule has 7 heteroatoms. The zero-order valence-corrected chi connectivity index (χ0v) is 10.8. The number of hydrogen-bond acceptors (Lipinski definition) is 5. The summed E-state index contributed by atoms with van der Waals surface area (Å²) in [6, 6.07) is 0. The van der Waals surface area contributed by atoms with E-state index < -0.39 is 10.0 Å². The summed E-state index contributed by atoms with van der Waals surface area (Å²) in [5.41, 5.74) is 0. The molecule has 1 N–H and O–H groups in total. The minimum atomic E-state index is -3.20. The number of rotatable bonds is 6. The van der Waals surface area contributed by atoms with E-state index in [1.807, 2.05) is 0 Å². The molecule has 2 atom stereocenters. The van der Waals surface area contributed by atoms with Crippen LogP contribution in [0.4, 0.5) is 0 Å². The van der Waals surface area contributed by atoms with E-state index in [1.54, 1.807) is 21.3 Å². The molecule has 1 aliphatic rings. The van der Waals surface area contributed by atoms with Crippen LogP contribution in [0.25, 0.3) is 0 Å².